The molecule has 1 aromatic carbocycles. The van der Waals surface area contributed by atoms with Gasteiger partial charge in [-0.05, 0) is 12.1 Å². The zero-order chi connectivity index (χ0) is 9.10. The van der Waals surface area contributed by atoms with Crippen LogP contribution >= 0.6 is 0 Å². The largest absolute Gasteiger partial charge is 0.316 e. The van der Waals surface area contributed by atoms with Crippen LogP contribution in [0.25, 0.3) is 10.9 Å². The summed E-state index contributed by atoms with van der Waals surface area (Å²) >= 11 is 0. The number of hydrogen-bond donors (Lipinski definition) is 1. The molecule has 0 saturated carbocycles. The van der Waals surface area contributed by atoms with Gasteiger partial charge in [-0.15, -0.1) is 0 Å². The highest BCUT2D eigenvalue weighted by atomic mass is 16.1. The number of pyridine rings is 1. The Hall–Kier alpha value is -1.90. The number of hydrogen-bond acceptors (Lipinski definition) is 2. The smallest absolute Gasteiger partial charge is 0.314 e. The number of benzene rings is 1. The fourth-order valence-electron chi connectivity index (χ4n) is 1.20. The number of rotatable bonds is 2. The first kappa shape index (κ1) is 7.73. The number of carbonyl (C=O) groups excluding carboxylic acids is 1. The van der Waals surface area contributed by atoms with Crippen LogP contribution in [0.5, 0.6) is 0 Å². The summed E-state index contributed by atoms with van der Waals surface area (Å²) in [6, 6.07) is 9.57. The molecule has 0 unspecified atom stereocenters. The molecule has 0 atom stereocenters. The lowest BCUT2D eigenvalue weighted by atomic mass is 10.2. The van der Waals surface area contributed by atoms with Crippen LogP contribution < -0.4 is 5.32 Å². The molecule has 1 aromatic heterocycles. The highest BCUT2D eigenvalue weighted by Gasteiger charge is 1.95. The Bertz CT molecular complexity index is 440. The van der Waals surface area contributed by atoms with E-state index in [1.807, 2.05) is 30.3 Å². The maximum absolute atomic E-state index is 10.0. The lowest BCUT2D eigenvalue weighted by molar-refractivity contribution is 0.561. The molecule has 0 fully saturated rings. The first-order valence-electron chi connectivity index (χ1n) is 3.88. The number of para-hydroxylation sites is 1. The van der Waals surface area contributed by atoms with Crippen molar-refractivity contribution in [2.75, 3.05) is 5.32 Å². The Balaban J connectivity index is 2.55. The van der Waals surface area contributed by atoms with E-state index < -0.39 is 0 Å². The van der Waals surface area contributed by atoms with E-state index in [1.165, 1.54) is 0 Å². The van der Waals surface area contributed by atoms with E-state index in [-0.39, 0.29) is 0 Å². The van der Waals surface area contributed by atoms with Crippen LogP contribution in [0, 0.1) is 0 Å². The zero-order valence-electron chi connectivity index (χ0n) is 6.82. The number of anilines is 1. The molecule has 3 nitrogen and oxygen atoms in total. The third kappa shape index (κ3) is 1.49. The molecule has 13 heavy (non-hydrogen) atoms. The van der Waals surface area contributed by atoms with Crippen LogP contribution in [0.1, 0.15) is 0 Å². The van der Waals surface area contributed by atoms with Crippen molar-refractivity contribution in [3.8, 4) is 0 Å². The van der Waals surface area contributed by atoms with Crippen molar-refractivity contribution in [2.24, 2.45) is 0 Å². The van der Waals surface area contributed by atoms with Gasteiger partial charge in [0.1, 0.15) is 0 Å². The van der Waals surface area contributed by atoms with E-state index in [0.717, 1.165) is 10.9 Å². The lowest BCUT2D eigenvalue weighted by Crippen LogP contribution is -1.93. The second-order valence-corrected chi connectivity index (χ2v) is 2.64. The average Bonchev–Trinajstić information content (AvgIpc) is 2.18. The molecule has 2 rings (SSSR count). The Morgan fingerprint density at radius 1 is 1.31 bits per heavy atom. The van der Waals surface area contributed by atoms with E-state index >= 15 is 0 Å². The minimum Gasteiger partial charge on any atom is -0.316 e. The van der Waals surface area contributed by atoms with Gasteiger partial charge in [-0.25, -0.2) is 0 Å². The minimum atomic E-state index is 0.661. The van der Waals surface area contributed by atoms with Gasteiger partial charge in [0.25, 0.3) is 0 Å². The monoisotopic (exact) mass is 171 g/mol. The topological polar surface area (TPSA) is 42.0 Å². The van der Waals surface area contributed by atoms with Crippen molar-refractivity contribution in [1.29, 1.82) is 0 Å². The summed E-state index contributed by atoms with van der Waals surface area (Å²) in [6.07, 6.45) is 3.21. The van der Waals surface area contributed by atoms with Gasteiger partial charge in [0.2, 0.25) is 0 Å². The van der Waals surface area contributed by atoms with Gasteiger partial charge in [-0.3, -0.25) is 9.78 Å². The highest BCUT2D eigenvalue weighted by Crippen LogP contribution is 2.14. The highest BCUT2D eigenvalue weighted by molar-refractivity contribution is 5.84. The van der Waals surface area contributed by atoms with E-state index in [2.05, 4.69) is 10.3 Å². The minimum absolute atomic E-state index is 0.661. The number of amides is 1. The maximum atomic E-state index is 10.0. The Kier molecular flexibility index (Phi) is 1.92. The third-order valence-electron chi connectivity index (χ3n) is 1.79. The molecular weight excluding hydrogens is 164 g/mol. The first-order chi connectivity index (χ1) is 6.40. The van der Waals surface area contributed by atoms with Crippen LogP contribution in [-0.4, -0.2) is 11.4 Å². The first-order valence-corrected chi connectivity index (χ1v) is 3.88. The van der Waals surface area contributed by atoms with E-state index in [0.29, 0.717) is 5.69 Å². The second-order valence-electron chi connectivity index (χ2n) is 2.64. The van der Waals surface area contributed by atoms with E-state index in [1.54, 1.807) is 12.6 Å². The van der Waals surface area contributed by atoms with Gasteiger partial charge >= 0.3 is 6.41 Å². The second kappa shape index (κ2) is 3.23. The molecule has 1 radical (unpaired) electrons. The summed E-state index contributed by atoms with van der Waals surface area (Å²) in [6.45, 7) is 0. The third-order valence-corrected chi connectivity index (χ3v) is 1.79. The van der Waals surface area contributed by atoms with Crippen LogP contribution in [0.4, 0.5) is 5.69 Å². The van der Waals surface area contributed by atoms with Crippen molar-refractivity contribution >= 4 is 23.0 Å². The SMILES string of the molecule is O=[C]Nc1cnc2ccccc2c1. The van der Waals surface area contributed by atoms with E-state index in [4.69, 9.17) is 0 Å². The average molecular weight is 171 g/mol. The van der Waals surface area contributed by atoms with Gasteiger partial charge in [-0.1, -0.05) is 18.2 Å². The van der Waals surface area contributed by atoms with Crippen molar-refractivity contribution < 1.29 is 4.79 Å². The molecule has 2 aromatic rings. The Morgan fingerprint density at radius 2 is 2.15 bits per heavy atom. The number of fused-ring (bicyclic) bond motifs is 1. The van der Waals surface area contributed by atoms with Crippen LogP contribution in [-0.2, 0) is 4.79 Å². The van der Waals surface area contributed by atoms with Gasteiger partial charge < -0.3 is 5.32 Å². The van der Waals surface area contributed by atoms with Crippen LogP contribution in [0.2, 0.25) is 0 Å². The Morgan fingerprint density at radius 3 is 3.00 bits per heavy atom. The van der Waals surface area contributed by atoms with Gasteiger partial charge in [0.05, 0.1) is 17.4 Å². The molecule has 0 aliphatic rings. The summed E-state index contributed by atoms with van der Waals surface area (Å²) in [5, 5.41) is 3.43. The molecule has 1 N–H and O–H groups in total. The number of aromatic nitrogens is 1. The van der Waals surface area contributed by atoms with Gasteiger partial charge in [0.15, 0.2) is 0 Å². The molecule has 0 saturated heterocycles. The van der Waals surface area contributed by atoms with Crippen LogP contribution in [0.15, 0.2) is 36.5 Å². The molecule has 0 aliphatic carbocycles. The molecule has 0 bridgehead atoms. The normalized spacial score (nSPS) is 9.85. The lowest BCUT2D eigenvalue weighted by Gasteiger charge is -1.99. The number of nitrogens with one attached hydrogen (secondary N) is 1. The van der Waals surface area contributed by atoms with Crippen molar-refractivity contribution in [2.45, 2.75) is 0 Å². The molecule has 0 aliphatic heterocycles. The number of nitrogens with zero attached hydrogens (tertiary/aromatic N) is 1. The van der Waals surface area contributed by atoms with Crippen molar-refractivity contribution in [3.63, 3.8) is 0 Å². The zero-order valence-corrected chi connectivity index (χ0v) is 6.82. The molecule has 63 valence electrons. The van der Waals surface area contributed by atoms with Crippen LogP contribution in [0.3, 0.4) is 0 Å². The molecule has 1 amide bonds. The fourth-order valence-corrected chi connectivity index (χ4v) is 1.20. The van der Waals surface area contributed by atoms with Gasteiger partial charge in [-0.2, -0.15) is 0 Å². The predicted octanol–water partition coefficient (Wildman–Crippen LogP) is 1.71. The Labute approximate surface area is 75.4 Å². The summed E-state index contributed by atoms with van der Waals surface area (Å²) in [5.74, 6) is 0. The molecule has 1 heterocycles. The van der Waals surface area contributed by atoms with E-state index in [9.17, 15) is 4.79 Å². The summed E-state index contributed by atoms with van der Waals surface area (Å²) in [7, 11) is 0. The fraction of sp³-hybridized carbons (Fsp3) is 0. The quantitative estimate of drug-likeness (QED) is 0.699. The summed E-state index contributed by atoms with van der Waals surface area (Å²) in [5.41, 5.74) is 1.58. The van der Waals surface area contributed by atoms with Gasteiger partial charge in [0, 0.05) is 5.39 Å². The standard InChI is InChI=1S/C10H7N2O/c13-7-12-9-5-8-3-1-2-4-10(8)11-6-9/h1-6H,(H,12,13). The van der Waals surface area contributed by atoms with Crippen molar-refractivity contribution in [1.82, 2.24) is 4.98 Å². The molecular formula is C10H7N2O. The molecule has 3 heteroatoms. The molecule has 0 spiro atoms. The van der Waals surface area contributed by atoms with Crippen molar-refractivity contribution in [3.05, 3.63) is 36.5 Å². The summed E-state index contributed by atoms with van der Waals surface area (Å²) < 4.78 is 0. The predicted molar refractivity (Wildman–Crippen MR) is 51.1 cm³/mol. The maximum Gasteiger partial charge on any atom is 0.314 e. The summed E-state index contributed by atoms with van der Waals surface area (Å²) in [4.78, 5) is 14.2.